The van der Waals surface area contributed by atoms with Crippen molar-refractivity contribution in [3.05, 3.63) is 51.8 Å². The fraction of sp³-hybridized carbons (Fsp3) is 0.542. The van der Waals surface area contributed by atoms with Gasteiger partial charge in [0.2, 0.25) is 14.9 Å². The lowest BCUT2D eigenvalue weighted by atomic mass is 9.86. The predicted octanol–water partition coefficient (Wildman–Crippen LogP) is 4.23. The molecule has 1 heterocycles. The number of aliphatic hydroxyl groups excluding tert-OH is 1. The van der Waals surface area contributed by atoms with Gasteiger partial charge in [-0.25, -0.2) is 8.42 Å². The van der Waals surface area contributed by atoms with Crippen LogP contribution in [0.25, 0.3) is 0 Å². The van der Waals surface area contributed by atoms with Gasteiger partial charge in [0, 0.05) is 18.1 Å². The Labute approximate surface area is 178 Å². The molecule has 4 rings (SSSR count). The van der Waals surface area contributed by atoms with Crippen molar-refractivity contribution in [2.75, 3.05) is 5.75 Å². The summed E-state index contributed by atoms with van der Waals surface area (Å²) in [6.07, 6.45) is 4.85. The molecule has 2 aromatic rings. The second-order valence-corrected chi connectivity index (χ2v) is 10.9. The zero-order valence-corrected chi connectivity index (χ0v) is 18.7. The van der Waals surface area contributed by atoms with E-state index in [1.807, 2.05) is 0 Å². The Morgan fingerprint density at radius 2 is 1.93 bits per heavy atom. The van der Waals surface area contributed by atoms with Gasteiger partial charge in [-0.2, -0.15) is 0 Å². The van der Waals surface area contributed by atoms with Crippen LogP contribution in [0.1, 0.15) is 78.7 Å². The van der Waals surface area contributed by atoms with E-state index in [0.717, 1.165) is 24.8 Å². The summed E-state index contributed by atoms with van der Waals surface area (Å²) in [5.41, 5.74) is 5.27. The number of hydrogen-bond donors (Lipinski definition) is 1. The minimum absolute atomic E-state index is 0.151. The number of aliphatic hydroxyl groups is 1. The topological polar surface area (TPSA) is 84.6 Å². The normalized spacial score (nSPS) is 18.3. The third kappa shape index (κ3) is 4.12. The highest BCUT2D eigenvalue weighted by atomic mass is 32.2. The molecule has 1 aromatic carbocycles. The van der Waals surface area contributed by atoms with E-state index in [-0.39, 0.29) is 17.3 Å². The van der Waals surface area contributed by atoms with Crippen LogP contribution in [-0.2, 0) is 33.9 Å². The summed E-state index contributed by atoms with van der Waals surface area (Å²) in [5, 5.41) is 9.52. The van der Waals surface area contributed by atoms with Gasteiger partial charge in [0.15, 0.2) is 5.78 Å². The van der Waals surface area contributed by atoms with E-state index in [2.05, 4.69) is 19.1 Å². The molecule has 2 aliphatic carbocycles. The predicted molar refractivity (Wildman–Crippen MR) is 114 cm³/mol. The van der Waals surface area contributed by atoms with Crippen LogP contribution >= 0.6 is 0 Å². The molecular formula is C24H30O5S. The summed E-state index contributed by atoms with van der Waals surface area (Å²) in [6.45, 7) is 5.39. The van der Waals surface area contributed by atoms with E-state index in [0.29, 0.717) is 23.2 Å². The van der Waals surface area contributed by atoms with Gasteiger partial charge in [0.25, 0.3) is 0 Å². The van der Waals surface area contributed by atoms with Gasteiger partial charge in [0.05, 0.1) is 6.10 Å². The SMILES string of the molecule is Cc1oc(S(=O)(=O)CC(=O)Cc2c(C(C)C3CC3)ccc3c2CCC3)cc1C(C)O. The maximum absolute atomic E-state index is 12.9. The Bertz CT molecular complexity index is 1070. The summed E-state index contributed by atoms with van der Waals surface area (Å²) in [5.74, 6) is 0.536. The zero-order chi connectivity index (χ0) is 21.6. The average Bonchev–Trinajstić information content (AvgIpc) is 3.26. The van der Waals surface area contributed by atoms with Crippen molar-refractivity contribution in [1.29, 1.82) is 0 Å². The highest BCUT2D eigenvalue weighted by Crippen LogP contribution is 2.44. The van der Waals surface area contributed by atoms with Gasteiger partial charge in [-0.1, -0.05) is 19.1 Å². The second kappa shape index (κ2) is 7.97. The van der Waals surface area contributed by atoms with E-state index >= 15 is 0 Å². The van der Waals surface area contributed by atoms with Crippen molar-refractivity contribution in [2.45, 2.75) is 76.4 Å². The number of hydrogen-bond acceptors (Lipinski definition) is 5. The fourth-order valence-corrected chi connectivity index (χ4v) is 6.04. The van der Waals surface area contributed by atoms with Gasteiger partial charge in [0.1, 0.15) is 11.5 Å². The second-order valence-electron chi connectivity index (χ2n) is 8.98. The van der Waals surface area contributed by atoms with Crippen LogP contribution in [0.5, 0.6) is 0 Å². The molecular weight excluding hydrogens is 400 g/mol. The largest absolute Gasteiger partial charge is 0.450 e. The van der Waals surface area contributed by atoms with E-state index in [9.17, 15) is 18.3 Å². The van der Waals surface area contributed by atoms with Crippen LogP contribution < -0.4 is 0 Å². The van der Waals surface area contributed by atoms with Gasteiger partial charge in [-0.15, -0.1) is 0 Å². The molecule has 0 aliphatic heterocycles. The number of benzene rings is 1. The minimum Gasteiger partial charge on any atom is -0.450 e. The van der Waals surface area contributed by atoms with E-state index in [1.165, 1.54) is 35.6 Å². The zero-order valence-electron chi connectivity index (χ0n) is 17.9. The molecule has 0 radical (unpaired) electrons. The molecule has 1 saturated carbocycles. The molecule has 162 valence electrons. The molecule has 6 heteroatoms. The number of carbonyl (C=O) groups excluding carboxylic acids is 1. The molecule has 1 fully saturated rings. The van der Waals surface area contributed by atoms with Crippen LogP contribution in [0, 0.1) is 12.8 Å². The lowest BCUT2D eigenvalue weighted by molar-refractivity contribution is -0.116. The van der Waals surface area contributed by atoms with Crippen molar-refractivity contribution >= 4 is 15.6 Å². The molecule has 2 atom stereocenters. The van der Waals surface area contributed by atoms with Gasteiger partial charge >= 0.3 is 0 Å². The number of ketones is 1. The molecule has 5 nitrogen and oxygen atoms in total. The Morgan fingerprint density at radius 3 is 2.57 bits per heavy atom. The maximum Gasteiger partial charge on any atom is 0.218 e. The maximum atomic E-state index is 12.9. The molecule has 2 unspecified atom stereocenters. The van der Waals surface area contributed by atoms with E-state index in [4.69, 9.17) is 4.42 Å². The Morgan fingerprint density at radius 1 is 1.20 bits per heavy atom. The van der Waals surface area contributed by atoms with Crippen LogP contribution in [0.3, 0.4) is 0 Å². The molecule has 0 saturated heterocycles. The molecule has 1 aromatic heterocycles. The minimum atomic E-state index is -3.89. The van der Waals surface area contributed by atoms with Crippen LogP contribution in [0.4, 0.5) is 0 Å². The highest BCUT2D eigenvalue weighted by Gasteiger charge is 2.33. The van der Waals surface area contributed by atoms with Gasteiger partial charge in [-0.05, 0) is 80.0 Å². The average molecular weight is 431 g/mol. The van der Waals surface area contributed by atoms with E-state index < -0.39 is 21.7 Å². The number of carbonyl (C=O) groups is 1. The molecule has 2 aliphatic rings. The highest BCUT2D eigenvalue weighted by molar-refractivity contribution is 7.92. The Balaban J connectivity index is 1.58. The molecule has 0 amide bonds. The first kappa shape index (κ1) is 21.3. The van der Waals surface area contributed by atoms with Crippen molar-refractivity contribution < 1.29 is 22.7 Å². The molecule has 30 heavy (non-hydrogen) atoms. The number of furan rings is 1. The molecule has 1 N–H and O–H groups in total. The molecule has 0 spiro atoms. The summed E-state index contributed by atoms with van der Waals surface area (Å²) in [7, 11) is -3.89. The summed E-state index contributed by atoms with van der Waals surface area (Å²) in [6, 6.07) is 5.70. The molecule has 0 bridgehead atoms. The first-order valence-corrected chi connectivity index (χ1v) is 12.5. The third-order valence-corrected chi connectivity index (χ3v) is 8.19. The first-order chi connectivity index (χ1) is 14.2. The Kier molecular flexibility index (Phi) is 5.66. The number of fused-ring (bicyclic) bond motifs is 1. The van der Waals surface area contributed by atoms with Crippen molar-refractivity contribution in [1.82, 2.24) is 0 Å². The van der Waals surface area contributed by atoms with Crippen molar-refractivity contribution in [3.8, 4) is 0 Å². The number of Topliss-reactive ketones (excluding diaryl/α,β-unsaturated/α-hetero) is 1. The number of rotatable bonds is 8. The van der Waals surface area contributed by atoms with Crippen molar-refractivity contribution in [3.63, 3.8) is 0 Å². The quantitative estimate of drug-likeness (QED) is 0.677. The van der Waals surface area contributed by atoms with Crippen molar-refractivity contribution in [2.24, 2.45) is 5.92 Å². The fourth-order valence-electron chi connectivity index (χ4n) is 4.81. The van der Waals surface area contributed by atoms with Crippen LogP contribution in [-0.4, -0.2) is 25.1 Å². The number of aryl methyl sites for hydroxylation is 2. The lowest BCUT2D eigenvalue weighted by Gasteiger charge is -2.19. The first-order valence-electron chi connectivity index (χ1n) is 10.8. The number of sulfone groups is 1. The summed E-state index contributed by atoms with van der Waals surface area (Å²) in [4.78, 5) is 12.9. The monoisotopic (exact) mass is 430 g/mol. The van der Waals surface area contributed by atoms with Gasteiger partial charge in [-0.3, -0.25) is 4.79 Å². The summed E-state index contributed by atoms with van der Waals surface area (Å²) >= 11 is 0. The smallest absolute Gasteiger partial charge is 0.218 e. The van der Waals surface area contributed by atoms with E-state index in [1.54, 1.807) is 13.8 Å². The lowest BCUT2D eigenvalue weighted by Crippen LogP contribution is -2.20. The van der Waals surface area contributed by atoms with Crippen LogP contribution in [0.15, 0.2) is 27.7 Å². The van der Waals surface area contributed by atoms with Gasteiger partial charge < -0.3 is 9.52 Å². The Hall–Kier alpha value is -1.92. The van der Waals surface area contributed by atoms with Crippen LogP contribution in [0.2, 0.25) is 0 Å². The summed E-state index contributed by atoms with van der Waals surface area (Å²) < 4.78 is 31.0. The standard InChI is InChI=1S/C24H30O5S/c1-14(17-7-8-17)20-10-9-18-5-4-6-21(18)23(20)11-19(26)13-30(27,28)24-12-22(15(2)25)16(3)29-24/h9-10,12,14-15,17,25H,4-8,11,13H2,1-3H3. The third-order valence-electron chi connectivity index (χ3n) is 6.67.